The molecule has 0 aromatic heterocycles. The smallest absolute Gasteiger partial charge is 0.423 e. The number of fused-ring (bicyclic) bond motifs is 26. The van der Waals surface area contributed by atoms with Gasteiger partial charge in [-0.25, -0.2) is 0 Å². The lowest BCUT2D eigenvalue weighted by molar-refractivity contribution is 0.426. The minimum atomic E-state index is -1.50. The van der Waals surface area contributed by atoms with Crippen LogP contribution in [0, 0.1) is 0 Å². The van der Waals surface area contributed by atoms with Gasteiger partial charge in [0.05, 0.1) is 0 Å². The summed E-state index contributed by atoms with van der Waals surface area (Å²) in [5.41, 5.74) is 5.59. The second kappa shape index (κ2) is 22.4. The second-order valence-corrected chi connectivity index (χ2v) is 25.4. The molecule has 0 heterocycles. The lowest BCUT2D eigenvalue weighted by Gasteiger charge is -2.19. The molecule has 0 saturated carbocycles. The van der Waals surface area contributed by atoms with Gasteiger partial charge in [0, 0.05) is 8.95 Å². The zero-order chi connectivity index (χ0) is 60.8. The fourth-order valence-electron chi connectivity index (χ4n) is 15.0. The largest absolute Gasteiger partial charge is 0.489 e. The Bertz CT molecular complexity index is 5960. The van der Waals surface area contributed by atoms with E-state index < -0.39 is 7.12 Å². The average Bonchev–Trinajstić information content (AvgIpc) is 0.774. The standard InChI is InChI=1S/C54H32.C22H15BO2.C10H6Br2/c1-2-16-34-33(15-1)43(49-31-51-39-21-5-3-17-35(39)37-19-7-11-25-45(37)53(51)47-27-13-9-23-41(47)49)29-30-44(34)50-32-52-40-22-6-4-18-36(40)38-20-8-12-26-46(38)54(52)48-28-14-10-24-42(48)50;24-23(25)21-13-20-16-9-2-1-7-14(16)15-8-3-5-11-18(15)22(20)19-12-6-4-10-17(19)21;11-9-5-6-10(12)8-4-2-1-3-7(8)9/h1-32H;1-13,24-25H;1-6H. The van der Waals surface area contributed by atoms with Gasteiger partial charge in [-0.1, -0.05) is 317 Å². The van der Waals surface area contributed by atoms with Crippen LogP contribution in [0.1, 0.15) is 0 Å². The van der Waals surface area contributed by atoms with Crippen LogP contribution in [-0.2, 0) is 0 Å². The molecule has 0 unspecified atom stereocenters. The third-order valence-electron chi connectivity index (χ3n) is 18.9. The minimum Gasteiger partial charge on any atom is -0.423 e. The summed E-state index contributed by atoms with van der Waals surface area (Å²) in [6.45, 7) is 0. The molecule has 5 heteroatoms. The Hall–Kier alpha value is -10.2. The highest BCUT2D eigenvalue weighted by Gasteiger charge is 2.22. The molecule has 0 atom stereocenters. The van der Waals surface area contributed by atoms with Crippen molar-refractivity contribution in [2.75, 3.05) is 0 Å². The van der Waals surface area contributed by atoms with Crippen LogP contribution in [0.3, 0.4) is 0 Å². The van der Waals surface area contributed by atoms with Crippen molar-refractivity contribution in [1.82, 2.24) is 0 Å². The monoisotopic (exact) mass is 1290 g/mol. The van der Waals surface area contributed by atoms with Crippen LogP contribution in [0.15, 0.2) is 318 Å². The molecular weight excluding hydrogens is 1240 g/mol. The van der Waals surface area contributed by atoms with Gasteiger partial charge in [0.25, 0.3) is 0 Å². The Morgan fingerprint density at radius 2 is 0.374 bits per heavy atom. The summed E-state index contributed by atoms with van der Waals surface area (Å²) in [5, 5.41) is 54.5. The summed E-state index contributed by atoms with van der Waals surface area (Å²) in [7, 11) is -1.50. The highest BCUT2D eigenvalue weighted by atomic mass is 79.9. The van der Waals surface area contributed by atoms with Crippen molar-refractivity contribution < 1.29 is 10.0 Å². The van der Waals surface area contributed by atoms with E-state index in [0.29, 0.717) is 5.46 Å². The van der Waals surface area contributed by atoms with E-state index in [1.807, 2.05) is 60.7 Å². The van der Waals surface area contributed by atoms with Crippen LogP contribution in [0.5, 0.6) is 0 Å². The molecule has 426 valence electrons. The molecule has 0 aliphatic carbocycles. The Morgan fingerprint density at radius 3 is 0.670 bits per heavy atom. The van der Waals surface area contributed by atoms with Crippen LogP contribution in [-0.4, -0.2) is 17.2 Å². The van der Waals surface area contributed by atoms with Gasteiger partial charge in [0.15, 0.2) is 0 Å². The van der Waals surface area contributed by atoms with E-state index in [1.165, 1.54) is 146 Å². The van der Waals surface area contributed by atoms with E-state index in [-0.39, 0.29) is 0 Å². The average molecular weight is 1290 g/mol. The number of hydrogen-bond donors (Lipinski definition) is 2. The molecule has 0 radical (unpaired) electrons. The molecule has 0 bridgehead atoms. The molecule has 0 amide bonds. The lowest BCUT2D eigenvalue weighted by Crippen LogP contribution is -2.30. The Balaban J connectivity index is 0.000000140. The van der Waals surface area contributed by atoms with Gasteiger partial charge in [0.1, 0.15) is 0 Å². The normalized spacial score (nSPS) is 11.7. The molecule has 0 fully saturated rings. The number of benzene rings is 19. The first-order valence-corrected chi connectivity index (χ1v) is 32.4. The molecule has 0 saturated heterocycles. The van der Waals surface area contributed by atoms with Crippen molar-refractivity contribution >= 4 is 195 Å². The Labute approximate surface area is 541 Å². The quantitative estimate of drug-likeness (QED) is 0.137. The van der Waals surface area contributed by atoms with Gasteiger partial charge in [-0.2, -0.15) is 0 Å². The first-order valence-electron chi connectivity index (χ1n) is 30.8. The highest BCUT2D eigenvalue weighted by molar-refractivity contribution is 9.11. The van der Waals surface area contributed by atoms with E-state index in [4.69, 9.17) is 0 Å². The molecule has 0 aliphatic heterocycles. The van der Waals surface area contributed by atoms with E-state index in [2.05, 4.69) is 281 Å². The summed E-state index contributed by atoms with van der Waals surface area (Å²) in [5.74, 6) is 0. The van der Waals surface area contributed by atoms with Crippen molar-refractivity contribution in [3.8, 4) is 22.3 Å². The topological polar surface area (TPSA) is 40.5 Å². The summed E-state index contributed by atoms with van der Waals surface area (Å²) in [6.07, 6.45) is 0. The summed E-state index contributed by atoms with van der Waals surface area (Å²) < 4.78 is 2.28. The Kier molecular flexibility index (Phi) is 13.5. The van der Waals surface area contributed by atoms with E-state index >= 15 is 0 Å². The molecule has 0 spiro atoms. The molecule has 91 heavy (non-hydrogen) atoms. The van der Waals surface area contributed by atoms with Crippen molar-refractivity contribution in [2.24, 2.45) is 0 Å². The second-order valence-electron chi connectivity index (χ2n) is 23.6. The fourth-order valence-corrected chi connectivity index (χ4v) is 15.9. The number of rotatable bonds is 3. The van der Waals surface area contributed by atoms with Crippen LogP contribution < -0.4 is 5.46 Å². The van der Waals surface area contributed by atoms with E-state index in [1.54, 1.807) is 0 Å². The molecule has 19 aromatic rings. The van der Waals surface area contributed by atoms with Gasteiger partial charge >= 0.3 is 7.12 Å². The van der Waals surface area contributed by atoms with Gasteiger partial charge in [-0.15, -0.1) is 0 Å². The zero-order valence-electron chi connectivity index (χ0n) is 49.2. The third kappa shape index (κ3) is 8.90. The van der Waals surface area contributed by atoms with E-state index in [9.17, 15) is 10.0 Å². The molecule has 2 nitrogen and oxygen atoms in total. The number of hydrogen-bond acceptors (Lipinski definition) is 2. The molecule has 19 rings (SSSR count). The van der Waals surface area contributed by atoms with Gasteiger partial charge in [-0.3, -0.25) is 0 Å². The molecule has 2 N–H and O–H groups in total. The fraction of sp³-hybridized carbons (Fsp3) is 0. The summed E-state index contributed by atoms with van der Waals surface area (Å²) in [4.78, 5) is 0. The maximum Gasteiger partial charge on any atom is 0.489 e. The minimum absolute atomic E-state index is 0.545. The molecule has 19 aromatic carbocycles. The first-order chi connectivity index (χ1) is 44.9. The van der Waals surface area contributed by atoms with Gasteiger partial charge < -0.3 is 10.0 Å². The maximum atomic E-state index is 9.92. The molecular formula is C86H53BBr2O2. The number of halogens is 2. The van der Waals surface area contributed by atoms with Gasteiger partial charge in [-0.05, 0) is 203 Å². The van der Waals surface area contributed by atoms with Crippen LogP contribution in [0.2, 0.25) is 0 Å². The molecule has 0 aliphatic rings. The van der Waals surface area contributed by atoms with E-state index in [0.717, 1.165) is 35.9 Å². The van der Waals surface area contributed by atoms with Gasteiger partial charge in [0.2, 0.25) is 0 Å². The van der Waals surface area contributed by atoms with Crippen LogP contribution in [0.25, 0.3) is 173 Å². The predicted octanol–water partition coefficient (Wildman–Crippen LogP) is 23.7. The van der Waals surface area contributed by atoms with Crippen LogP contribution in [0.4, 0.5) is 0 Å². The van der Waals surface area contributed by atoms with Crippen molar-refractivity contribution in [1.29, 1.82) is 0 Å². The SMILES string of the molecule is Brc1ccc(Br)c2ccccc12.OB(O)c1cc2c3ccccc3c3ccccc3c2c2ccccc12.c1ccc2c(-c3cc4c5ccccc5c5ccccc5c4c4ccccc34)ccc(-c3cc4c5ccccc5c5ccccc5c4c4ccccc34)c2c1. The van der Waals surface area contributed by atoms with Crippen LogP contribution >= 0.6 is 31.9 Å². The lowest BCUT2D eigenvalue weighted by atomic mass is 9.75. The third-order valence-corrected chi connectivity index (χ3v) is 20.3. The highest BCUT2D eigenvalue weighted by Crippen LogP contribution is 2.48. The summed E-state index contributed by atoms with van der Waals surface area (Å²) in [6, 6.07) is 111. The Morgan fingerprint density at radius 1 is 0.176 bits per heavy atom. The predicted molar refractivity (Wildman–Crippen MR) is 401 cm³/mol. The van der Waals surface area contributed by atoms with Crippen molar-refractivity contribution in [2.45, 2.75) is 0 Å². The zero-order valence-corrected chi connectivity index (χ0v) is 52.3. The van der Waals surface area contributed by atoms with Crippen molar-refractivity contribution in [3.05, 3.63) is 318 Å². The first kappa shape index (κ1) is 54.9. The van der Waals surface area contributed by atoms with Crippen molar-refractivity contribution in [3.63, 3.8) is 0 Å². The summed E-state index contributed by atoms with van der Waals surface area (Å²) >= 11 is 7.02. The maximum absolute atomic E-state index is 9.92.